The lowest BCUT2D eigenvalue weighted by Crippen LogP contribution is -2.26. The molecule has 70 valence electrons. The van der Waals surface area contributed by atoms with Gasteiger partial charge in [-0.2, -0.15) is 0 Å². The molecule has 1 aliphatic carbocycles. The Balaban J connectivity index is 2.25. The Morgan fingerprint density at radius 1 is 1.50 bits per heavy atom. The number of carbonyl (C=O) groups is 1. The Morgan fingerprint density at radius 2 is 2.08 bits per heavy atom. The minimum atomic E-state index is -0.297. The Labute approximate surface area is 74.3 Å². The third-order valence-electron chi connectivity index (χ3n) is 2.58. The van der Waals surface area contributed by atoms with Gasteiger partial charge in [-0.05, 0) is 39.0 Å². The number of ether oxygens (including phenoxy) is 1. The van der Waals surface area contributed by atoms with E-state index in [1.807, 2.05) is 20.8 Å². The molecular formula is C10H18O2. The molecule has 1 aliphatic rings. The first-order valence-corrected chi connectivity index (χ1v) is 4.73. The maximum Gasteiger partial charge on any atom is 0.311 e. The first-order valence-electron chi connectivity index (χ1n) is 4.73. The molecule has 12 heavy (non-hydrogen) atoms. The Hall–Kier alpha value is -0.530. The molecule has 0 spiro atoms. The number of hydrogen-bond acceptors (Lipinski definition) is 2. The van der Waals surface area contributed by atoms with Crippen LogP contribution in [0.15, 0.2) is 0 Å². The van der Waals surface area contributed by atoms with Crippen molar-refractivity contribution in [3.8, 4) is 0 Å². The molecule has 2 heteroatoms. The minimum Gasteiger partial charge on any atom is -0.465 e. The maximum absolute atomic E-state index is 11.4. The molecule has 0 atom stereocenters. The van der Waals surface area contributed by atoms with Gasteiger partial charge in [0.15, 0.2) is 0 Å². The maximum atomic E-state index is 11.4. The van der Waals surface area contributed by atoms with E-state index in [4.69, 9.17) is 4.74 Å². The molecule has 2 nitrogen and oxygen atoms in total. The summed E-state index contributed by atoms with van der Waals surface area (Å²) in [5.41, 5.74) is -0.297. The SMILES string of the molecule is CCC(C)(C)C(=O)OCC1CC1. The highest BCUT2D eigenvalue weighted by atomic mass is 16.5. The highest BCUT2D eigenvalue weighted by Crippen LogP contribution is 2.30. The molecule has 0 aromatic carbocycles. The molecule has 1 saturated carbocycles. The fourth-order valence-electron chi connectivity index (χ4n) is 0.818. The third-order valence-corrected chi connectivity index (χ3v) is 2.58. The van der Waals surface area contributed by atoms with Gasteiger partial charge in [0.1, 0.15) is 0 Å². The summed E-state index contributed by atoms with van der Waals surface area (Å²) >= 11 is 0. The van der Waals surface area contributed by atoms with E-state index >= 15 is 0 Å². The predicted octanol–water partition coefficient (Wildman–Crippen LogP) is 2.38. The van der Waals surface area contributed by atoms with Crippen LogP contribution < -0.4 is 0 Å². The first-order chi connectivity index (χ1) is 5.56. The van der Waals surface area contributed by atoms with Gasteiger partial charge >= 0.3 is 5.97 Å². The van der Waals surface area contributed by atoms with Crippen molar-refractivity contribution in [2.45, 2.75) is 40.0 Å². The van der Waals surface area contributed by atoms with E-state index in [0.29, 0.717) is 12.5 Å². The standard InChI is InChI=1S/C10H18O2/c1-4-10(2,3)9(11)12-7-8-5-6-8/h8H,4-7H2,1-3H3. The lowest BCUT2D eigenvalue weighted by molar-refractivity contribution is -0.154. The third kappa shape index (κ3) is 2.50. The van der Waals surface area contributed by atoms with Crippen LogP contribution in [0.3, 0.4) is 0 Å². The quantitative estimate of drug-likeness (QED) is 0.605. The van der Waals surface area contributed by atoms with Crippen LogP contribution in [-0.2, 0) is 9.53 Å². The fourth-order valence-corrected chi connectivity index (χ4v) is 0.818. The van der Waals surface area contributed by atoms with E-state index in [-0.39, 0.29) is 11.4 Å². The Kier molecular flexibility index (Phi) is 2.76. The lowest BCUT2D eigenvalue weighted by Gasteiger charge is -2.20. The molecule has 0 saturated heterocycles. The van der Waals surface area contributed by atoms with Gasteiger partial charge in [-0.3, -0.25) is 4.79 Å². The van der Waals surface area contributed by atoms with Crippen LogP contribution in [0.2, 0.25) is 0 Å². The molecule has 0 bridgehead atoms. The Bertz CT molecular complexity index is 169. The molecular weight excluding hydrogens is 152 g/mol. The van der Waals surface area contributed by atoms with Crippen LogP contribution >= 0.6 is 0 Å². The van der Waals surface area contributed by atoms with Crippen molar-refractivity contribution in [3.05, 3.63) is 0 Å². The van der Waals surface area contributed by atoms with Gasteiger partial charge in [-0.25, -0.2) is 0 Å². The summed E-state index contributed by atoms with van der Waals surface area (Å²) in [7, 11) is 0. The highest BCUT2D eigenvalue weighted by Gasteiger charge is 2.29. The number of rotatable bonds is 4. The molecule has 0 unspecified atom stereocenters. The average Bonchev–Trinajstić information content (AvgIpc) is 2.83. The van der Waals surface area contributed by atoms with E-state index in [1.54, 1.807) is 0 Å². The highest BCUT2D eigenvalue weighted by molar-refractivity contribution is 5.75. The van der Waals surface area contributed by atoms with Crippen LogP contribution in [-0.4, -0.2) is 12.6 Å². The van der Waals surface area contributed by atoms with Gasteiger partial charge in [0.05, 0.1) is 12.0 Å². The summed E-state index contributed by atoms with van der Waals surface area (Å²) in [4.78, 5) is 11.4. The topological polar surface area (TPSA) is 26.3 Å². The second kappa shape index (κ2) is 3.46. The summed E-state index contributed by atoms with van der Waals surface area (Å²) in [5.74, 6) is 0.624. The molecule has 0 amide bonds. The van der Waals surface area contributed by atoms with E-state index in [2.05, 4.69) is 0 Å². The van der Waals surface area contributed by atoms with E-state index in [1.165, 1.54) is 12.8 Å². The van der Waals surface area contributed by atoms with Crippen molar-refractivity contribution >= 4 is 5.97 Å². The van der Waals surface area contributed by atoms with Gasteiger partial charge < -0.3 is 4.74 Å². The molecule has 0 aromatic rings. The predicted molar refractivity (Wildman–Crippen MR) is 47.8 cm³/mol. The van der Waals surface area contributed by atoms with Crippen molar-refractivity contribution in [1.29, 1.82) is 0 Å². The molecule has 1 fully saturated rings. The summed E-state index contributed by atoms with van der Waals surface area (Å²) < 4.78 is 5.18. The zero-order chi connectivity index (χ0) is 9.19. The minimum absolute atomic E-state index is 0.0445. The zero-order valence-electron chi connectivity index (χ0n) is 8.22. The van der Waals surface area contributed by atoms with Crippen molar-refractivity contribution in [2.24, 2.45) is 11.3 Å². The Morgan fingerprint density at radius 3 is 2.50 bits per heavy atom. The largest absolute Gasteiger partial charge is 0.465 e. The van der Waals surface area contributed by atoms with Crippen LogP contribution in [0.1, 0.15) is 40.0 Å². The van der Waals surface area contributed by atoms with E-state index < -0.39 is 0 Å². The molecule has 0 aromatic heterocycles. The van der Waals surface area contributed by atoms with Crippen molar-refractivity contribution < 1.29 is 9.53 Å². The monoisotopic (exact) mass is 170 g/mol. The van der Waals surface area contributed by atoms with Gasteiger partial charge in [-0.1, -0.05) is 6.92 Å². The van der Waals surface area contributed by atoms with Crippen molar-refractivity contribution in [3.63, 3.8) is 0 Å². The summed E-state index contributed by atoms with van der Waals surface area (Å²) in [6.07, 6.45) is 3.32. The van der Waals surface area contributed by atoms with E-state index in [0.717, 1.165) is 6.42 Å². The van der Waals surface area contributed by atoms with Crippen LogP contribution in [0.4, 0.5) is 0 Å². The van der Waals surface area contributed by atoms with Crippen LogP contribution in [0.25, 0.3) is 0 Å². The first kappa shape index (κ1) is 9.56. The lowest BCUT2D eigenvalue weighted by atomic mass is 9.91. The second-order valence-corrected chi connectivity index (χ2v) is 4.28. The number of hydrogen-bond donors (Lipinski definition) is 0. The molecule has 0 aliphatic heterocycles. The summed E-state index contributed by atoms with van der Waals surface area (Å²) in [6.45, 7) is 6.52. The molecule has 0 radical (unpaired) electrons. The van der Waals surface area contributed by atoms with Crippen molar-refractivity contribution in [1.82, 2.24) is 0 Å². The number of esters is 1. The van der Waals surface area contributed by atoms with Gasteiger partial charge in [0.2, 0.25) is 0 Å². The number of carbonyl (C=O) groups excluding carboxylic acids is 1. The van der Waals surface area contributed by atoms with Gasteiger partial charge in [0.25, 0.3) is 0 Å². The smallest absolute Gasteiger partial charge is 0.311 e. The van der Waals surface area contributed by atoms with Crippen LogP contribution in [0.5, 0.6) is 0 Å². The molecule has 0 heterocycles. The molecule has 1 rings (SSSR count). The summed E-state index contributed by atoms with van der Waals surface area (Å²) in [6, 6.07) is 0. The second-order valence-electron chi connectivity index (χ2n) is 4.28. The van der Waals surface area contributed by atoms with Gasteiger partial charge in [-0.15, -0.1) is 0 Å². The van der Waals surface area contributed by atoms with Crippen LogP contribution in [0, 0.1) is 11.3 Å². The van der Waals surface area contributed by atoms with Crippen molar-refractivity contribution in [2.75, 3.05) is 6.61 Å². The normalized spacial score (nSPS) is 17.6. The van der Waals surface area contributed by atoms with E-state index in [9.17, 15) is 4.79 Å². The van der Waals surface area contributed by atoms with Gasteiger partial charge in [0, 0.05) is 0 Å². The summed E-state index contributed by atoms with van der Waals surface area (Å²) in [5, 5.41) is 0. The molecule has 0 N–H and O–H groups in total. The zero-order valence-corrected chi connectivity index (χ0v) is 8.22. The average molecular weight is 170 g/mol. The fraction of sp³-hybridized carbons (Fsp3) is 0.900.